The lowest BCUT2D eigenvalue weighted by Crippen LogP contribution is -2.28. The number of aryl methyl sites for hydroxylation is 1. The first-order valence-electron chi connectivity index (χ1n) is 9.05. The number of aromatic nitrogens is 1. The normalized spacial score (nSPS) is 12.9. The number of fused-ring (bicyclic) bond motifs is 2. The Kier molecular flexibility index (Phi) is 5.25. The standard InChI is InChI=1S/C20H19ClN2O5/c21-14-11-13(12-17-19(14)27-10-9-26-17)5-7-22-18(24)6-8-23-15-3-1-2-4-16(15)28-20(23)25/h1-4,11-12H,5-10H2,(H,22,24). The van der Waals surface area contributed by atoms with Gasteiger partial charge in [0.2, 0.25) is 5.91 Å². The van der Waals surface area contributed by atoms with Crippen LogP contribution >= 0.6 is 11.6 Å². The summed E-state index contributed by atoms with van der Waals surface area (Å²) in [5.41, 5.74) is 2.15. The van der Waals surface area contributed by atoms with Gasteiger partial charge >= 0.3 is 5.76 Å². The summed E-state index contributed by atoms with van der Waals surface area (Å²) in [6.07, 6.45) is 0.794. The summed E-state index contributed by atoms with van der Waals surface area (Å²) in [5, 5.41) is 3.36. The van der Waals surface area contributed by atoms with Gasteiger partial charge in [-0.15, -0.1) is 0 Å². The Bertz CT molecular complexity index is 1070. The van der Waals surface area contributed by atoms with Crippen molar-refractivity contribution in [2.75, 3.05) is 19.8 Å². The Morgan fingerprint density at radius 3 is 2.89 bits per heavy atom. The predicted molar refractivity (Wildman–Crippen MR) is 104 cm³/mol. The molecule has 0 spiro atoms. The molecule has 0 fully saturated rings. The van der Waals surface area contributed by atoms with E-state index in [4.69, 9.17) is 25.5 Å². The van der Waals surface area contributed by atoms with Crippen LogP contribution in [0.5, 0.6) is 11.5 Å². The molecule has 8 heteroatoms. The molecule has 1 N–H and O–H groups in total. The number of carbonyl (C=O) groups excluding carboxylic acids is 1. The topological polar surface area (TPSA) is 82.7 Å². The molecule has 2 aromatic carbocycles. The van der Waals surface area contributed by atoms with Gasteiger partial charge in [0.1, 0.15) is 13.2 Å². The van der Waals surface area contributed by atoms with Crippen LogP contribution in [-0.4, -0.2) is 30.2 Å². The first kappa shape index (κ1) is 18.4. The fourth-order valence-corrected chi connectivity index (χ4v) is 3.47. The molecule has 3 aromatic rings. The van der Waals surface area contributed by atoms with E-state index >= 15 is 0 Å². The summed E-state index contributed by atoms with van der Waals surface area (Å²) in [7, 11) is 0. The third kappa shape index (κ3) is 3.84. The van der Waals surface area contributed by atoms with Crippen LogP contribution in [0.4, 0.5) is 0 Å². The minimum atomic E-state index is -0.458. The van der Waals surface area contributed by atoms with Crippen LogP contribution in [0.15, 0.2) is 45.6 Å². The quantitative estimate of drug-likeness (QED) is 0.685. The molecule has 146 valence electrons. The maximum Gasteiger partial charge on any atom is 0.419 e. The van der Waals surface area contributed by atoms with E-state index in [0.717, 1.165) is 5.56 Å². The number of carbonyl (C=O) groups is 1. The number of nitrogens with one attached hydrogen (secondary N) is 1. The zero-order valence-electron chi connectivity index (χ0n) is 15.1. The lowest BCUT2D eigenvalue weighted by Gasteiger charge is -2.20. The Balaban J connectivity index is 1.31. The molecule has 4 rings (SSSR count). The molecule has 1 aliphatic heterocycles. The van der Waals surface area contributed by atoms with Gasteiger partial charge in [-0.25, -0.2) is 4.79 Å². The first-order valence-corrected chi connectivity index (χ1v) is 9.43. The number of nitrogens with zero attached hydrogens (tertiary/aromatic N) is 1. The average Bonchev–Trinajstić information content (AvgIpc) is 3.01. The van der Waals surface area contributed by atoms with Crippen LogP contribution < -0.4 is 20.5 Å². The van der Waals surface area contributed by atoms with Crippen LogP contribution in [0.1, 0.15) is 12.0 Å². The number of amides is 1. The lowest BCUT2D eigenvalue weighted by molar-refractivity contribution is -0.121. The summed E-state index contributed by atoms with van der Waals surface area (Å²) in [4.78, 5) is 24.1. The summed E-state index contributed by atoms with van der Waals surface area (Å²) in [5.74, 6) is 0.602. The SMILES string of the molecule is O=C(CCn1c(=O)oc2ccccc21)NCCc1cc(Cl)c2c(c1)OCCO2. The van der Waals surface area contributed by atoms with E-state index in [1.54, 1.807) is 18.2 Å². The summed E-state index contributed by atoms with van der Waals surface area (Å²) >= 11 is 6.22. The van der Waals surface area contributed by atoms with E-state index < -0.39 is 5.76 Å². The molecule has 0 saturated carbocycles. The van der Waals surface area contributed by atoms with Crippen molar-refractivity contribution in [2.45, 2.75) is 19.4 Å². The third-order valence-corrected chi connectivity index (χ3v) is 4.81. The number of ether oxygens (including phenoxy) is 2. The van der Waals surface area contributed by atoms with Gasteiger partial charge in [-0.2, -0.15) is 0 Å². The molecule has 28 heavy (non-hydrogen) atoms. The molecule has 2 heterocycles. The summed E-state index contributed by atoms with van der Waals surface area (Å²) in [6.45, 7) is 1.69. The van der Waals surface area contributed by atoms with Crippen LogP contribution in [0.2, 0.25) is 5.02 Å². The van der Waals surface area contributed by atoms with E-state index in [1.807, 2.05) is 18.2 Å². The van der Waals surface area contributed by atoms with Gasteiger partial charge in [0.25, 0.3) is 0 Å². The van der Waals surface area contributed by atoms with E-state index in [1.165, 1.54) is 4.57 Å². The number of hydrogen-bond acceptors (Lipinski definition) is 5. The van der Waals surface area contributed by atoms with Crippen LogP contribution in [-0.2, 0) is 17.8 Å². The Morgan fingerprint density at radius 2 is 2.00 bits per heavy atom. The van der Waals surface area contributed by atoms with Crippen molar-refractivity contribution in [1.82, 2.24) is 9.88 Å². The fourth-order valence-electron chi connectivity index (χ4n) is 3.18. The molecule has 0 bridgehead atoms. The minimum Gasteiger partial charge on any atom is -0.486 e. The molecule has 0 saturated heterocycles. The van der Waals surface area contributed by atoms with Crippen molar-refractivity contribution in [2.24, 2.45) is 0 Å². The largest absolute Gasteiger partial charge is 0.486 e. The van der Waals surface area contributed by atoms with Crippen molar-refractivity contribution in [3.8, 4) is 11.5 Å². The molecule has 1 aliphatic rings. The number of hydrogen-bond donors (Lipinski definition) is 1. The second-order valence-corrected chi connectivity index (χ2v) is 6.85. The van der Waals surface area contributed by atoms with Gasteiger partial charge in [0, 0.05) is 19.5 Å². The van der Waals surface area contributed by atoms with Gasteiger partial charge in [-0.05, 0) is 36.2 Å². The first-order chi connectivity index (χ1) is 13.6. The molecule has 0 aliphatic carbocycles. The van der Waals surface area contributed by atoms with Crippen molar-refractivity contribution < 1.29 is 18.7 Å². The summed E-state index contributed by atoms with van der Waals surface area (Å²) < 4.78 is 17.7. The van der Waals surface area contributed by atoms with Crippen LogP contribution in [0, 0.1) is 0 Å². The van der Waals surface area contributed by atoms with E-state index in [9.17, 15) is 9.59 Å². The predicted octanol–water partition coefficient (Wildman–Crippen LogP) is 2.77. The fraction of sp³-hybridized carbons (Fsp3) is 0.300. The highest BCUT2D eigenvalue weighted by Gasteiger charge is 2.16. The van der Waals surface area contributed by atoms with Crippen LogP contribution in [0.3, 0.4) is 0 Å². The Labute approximate surface area is 165 Å². The van der Waals surface area contributed by atoms with Crippen molar-refractivity contribution in [3.05, 3.63) is 57.5 Å². The van der Waals surface area contributed by atoms with E-state index in [0.29, 0.717) is 53.8 Å². The van der Waals surface area contributed by atoms with Gasteiger partial charge in [-0.1, -0.05) is 23.7 Å². The Morgan fingerprint density at radius 1 is 1.18 bits per heavy atom. The van der Waals surface area contributed by atoms with Crippen molar-refractivity contribution in [1.29, 1.82) is 0 Å². The average molecular weight is 403 g/mol. The molecular weight excluding hydrogens is 384 g/mol. The number of halogens is 1. The van der Waals surface area contributed by atoms with E-state index in [-0.39, 0.29) is 18.9 Å². The van der Waals surface area contributed by atoms with Crippen molar-refractivity contribution >= 4 is 28.6 Å². The molecule has 1 amide bonds. The maximum absolute atomic E-state index is 12.1. The van der Waals surface area contributed by atoms with E-state index in [2.05, 4.69) is 5.32 Å². The van der Waals surface area contributed by atoms with Gasteiger partial charge in [0.05, 0.1) is 10.5 Å². The highest BCUT2D eigenvalue weighted by Crippen LogP contribution is 2.38. The third-order valence-electron chi connectivity index (χ3n) is 4.53. The monoisotopic (exact) mass is 402 g/mol. The highest BCUT2D eigenvalue weighted by molar-refractivity contribution is 6.32. The van der Waals surface area contributed by atoms with Crippen LogP contribution in [0.25, 0.3) is 11.1 Å². The molecule has 0 unspecified atom stereocenters. The van der Waals surface area contributed by atoms with Crippen molar-refractivity contribution in [3.63, 3.8) is 0 Å². The van der Waals surface area contributed by atoms with Gasteiger partial charge in [0.15, 0.2) is 17.1 Å². The zero-order chi connectivity index (χ0) is 19.5. The molecule has 7 nitrogen and oxygen atoms in total. The smallest absolute Gasteiger partial charge is 0.419 e. The lowest BCUT2D eigenvalue weighted by atomic mass is 10.1. The molecule has 0 radical (unpaired) electrons. The number of benzene rings is 2. The molecule has 1 aromatic heterocycles. The second kappa shape index (κ2) is 7.98. The number of oxazole rings is 1. The molecule has 0 atom stereocenters. The number of para-hydroxylation sites is 2. The molecular formula is C20H19ClN2O5. The zero-order valence-corrected chi connectivity index (χ0v) is 15.8. The number of rotatable bonds is 6. The minimum absolute atomic E-state index is 0.138. The maximum atomic E-state index is 12.1. The Hall–Kier alpha value is -2.93. The second-order valence-electron chi connectivity index (χ2n) is 6.44. The summed E-state index contributed by atoms with van der Waals surface area (Å²) in [6, 6.07) is 10.8. The highest BCUT2D eigenvalue weighted by atomic mass is 35.5. The van der Waals surface area contributed by atoms with Gasteiger partial charge in [-0.3, -0.25) is 9.36 Å². The van der Waals surface area contributed by atoms with Gasteiger partial charge < -0.3 is 19.2 Å².